The zero-order chi connectivity index (χ0) is 13.9. The Morgan fingerprint density at radius 3 is 2.61 bits per heavy atom. The van der Waals surface area contributed by atoms with Gasteiger partial charge in [0.2, 0.25) is 6.41 Å². The SMILES string of the molecule is CC(C)(C)ON(C=O)c1cnc(Cl)cc1C(=O)O. The summed E-state index contributed by atoms with van der Waals surface area (Å²) >= 11 is 5.62. The van der Waals surface area contributed by atoms with Crippen molar-refractivity contribution in [2.75, 3.05) is 5.06 Å². The number of carbonyl (C=O) groups is 2. The molecule has 0 bridgehead atoms. The Balaban J connectivity index is 3.21. The molecule has 0 aliphatic heterocycles. The molecule has 1 heterocycles. The van der Waals surface area contributed by atoms with E-state index >= 15 is 0 Å². The van der Waals surface area contributed by atoms with E-state index in [1.54, 1.807) is 20.8 Å². The topological polar surface area (TPSA) is 79.7 Å². The van der Waals surface area contributed by atoms with Gasteiger partial charge in [0.1, 0.15) is 10.8 Å². The Morgan fingerprint density at radius 1 is 1.56 bits per heavy atom. The lowest BCUT2D eigenvalue weighted by Gasteiger charge is -2.27. The van der Waals surface area contributed by atoms with Crippen LogP contribution in [-0.2, 0) is 9.63 Å². The number of amides is 1. The lowest BCUT2D eigenvalue weighted by atomic mass is 10.2. The summed E-state index contributed by atoms with van der Waals surface area (Å²) in [5.74, 6) is -1.22. The molecule has 0 saturated carbocycles. The first kappa shape index (κ1) is 14.4. The van der Waals surface area contributed by atoms with Crippen LogP contribution in [0.25, 0.3) is 0 Å². The van der Waals surface area contributed by atoms with E-state index in [1.807, 2.05) is 0 Å². The van der Waals surface area contributed by atoms with E-state index in [1.165, 1.54) is 6.20 Å². The van der Waals surface area contributed by atoms with Gasteiger partial charge in [0.25, 0.3) is 0 Å². The summed E-state index contributed by atoms with van der Waals surface area (Å²) in [7, 11) is 0. The number of carboxylic acid groups (broad SMARTS) is 1. The number of carboxylic acids is 1. The van der Waals surface area contributed by atoms with Gasteiger partial charge >= 0.3 is 5.97 Å². The van der Waals surface area contributed by atoms with Crippen LogP contribution < -0.4 is 5.06 Å². The summed E-state index contributed by atoms with van der Waals surface area (Å²) in [5, 5.41) is 9.90. The number of nitrogens with zero attached hydrogens (tertiary/aromatic N) is 2. The number of rotatable bonds is 4. The van der Waals surface area contributed by atoms with Crippen LogP contribution in [0.3, 0.4) is 0 Å². The fraction of sp³-hybridized carbons (Fsp3) is 0.364. The molecule has 0 radical (unpaired) electrons. The minimum absolute atomic E-state index is 0.0248. The van der Waals surface area contributed by atoms with Crippen LogP contribution in [-0.4, -0.2) is 28.1 Å². The second kappa shape index (κ2) is 5.32. The zero-order valence-corrected chi connectivity index (χ0v) is 10.9. The summed E-state index contributed by atoms with van der Waals surface area (Å²) in [6.07, 6.45) is 1.55. The lowest BCUT2D eigenvalue weighted by molar-refractivity contribution is -0.120. The maximum atomic E-state index is 11.1. The minimum atomic E-state index is -1.22. The van der Waals surface area contributed by atoms with Gasteiger partial charge in [0.05, 0.1) is 17.4 Å². The molecule has 6 nitrogen and oxygen atoms in total. The molecule has 1 aromatic heterocycles. The fourth-order valence-electron chi connectivity index (χ4n) is 1.19. The summed E-state index contributed by atoms with van der Waals surface area (Å²) in [4.78, 5) is 31.1. The van der Waals surface area contributed by atoms with Crippen LogP contribution in [0.2, 0.25) is 5.15 Å². The van der Waals surface area contributed by atoms with E-state index in [-0.39, 0.29) is 16.4 Å². The quantitative estimate of drug-likeness (QED) is 0.516. The highest BCUT2D eigenvalue weighted by Crippen LogP contribution is 2.24. The van der Waals surface area contributed by atoms with Gasteiger partial charge < -0.3 is 5.11 Å². The number of aromatic carboxylic acids is 1. The second-order valence-electron chi connectivity index (χ2n) is 4.46. The van der Waals surface area contributed by atoms with E-state index in [2.05, 4.69) is 4.98 Å². The molecule has 0 spiro atoms. The van der Waals surface area contributed by atoms with E-state index in [0.717, 1.165) is 11.1 Å². The molecule has 18 heavy (non-hydrogen) atoms. The molecule has 0 fully saturated rings. The monoisotopic (exact) mass is 272 g/mol. The number of aromatic nitrogens is 1. The van der Waals surface area contributed by atoms with Gasteiger partial charge in [-0.2, -0.15) is 5.06 Å². The fourth-order valence-corrected chi connectivity index (χ4v) is 1.35. The van der Waals surface area contributed by atoms with Crippen molar-refractivity contribution in [1.29, 1.82) is 0 Å². The van der Waals surface area contributed by atoms with E-state index in [0.29, 0.717) is 6.41 Å². The number of pyridine rings is 1. The smallest absolute Gasteiger partial charge is 0.338 e. The van der Waals surface area contributed by atoms with Gasteiger partial charge in [0, 0.05) is 0 Å². The number of hydrogen-bond acceptors (Lipinski definition) is 4. The molecule has 0 aliphatic rings. The zero-order valence-electron chi connectivity index (χ0n) is 10.2. The third-order valence-electron chi connectivity index (χ3n) is 1.79. The highest BCUT2D eigenvalue weighted by molar-refractivity contribution is 6.29. The van der Waals surface area contributed by atoms with Gasteiger partial charge in [-0.05, 0) is 26.8 Å². The Bertz CT molecular complexity index is 471. The van der Waals surface area contributed by atoms with Crippen molar-refractivity contribution in [1.82, 2.24) is 4.98 Å². The second-order valence-corrected chi connectivity index (χ2v) is 4.85. The molecule has 0 unspecified atom stereocenters. The molecule has 1 N–H and O–H groups in total. The first-order chi connectivity index (χ1) is 8.24. The van der Waals surface area contributed by atoms with Crippen LogP contribution in [0.15, 0.2) is 12.3 Å². The van der Waals surface area contributed by atoms with Gasteiger partial charge in [-0.1, -0.05) is 11.6 Å². The molecule has 0 atom stereocenters. The first-order valence-corrected chi connectivity index (χ1v) is 5.45. The number of hydrogen-bond donors (Lipinski definition) is 1. The van der Waals surface area contributed by atoms with Crippen molar-refractivity contribution in [3.63, 3.8) is 0 Å². The predicted octanol–water partition coefficient (Wildman–Crippen LogP) is 2.13. The number of hydroxylamine groups is 1. The Labute approximate surface area is 109 Å². The van der Waals surface area contributed by atoms with E-state index in [9.17, 15) is 9.59 Å². The van der Waals surface area contributed by atoms with Gasteiger partial charge in [-0.3, -0.25) is 9.63 Å². The van der Waals surface area contributed by atoms with Crippen LogP contribution >= 0.6 is 11.6 Å². The van der Waals surface area contributed by atoms with Crippen LogP contribution in [0.1, 0.15) is 31.1 Å². The minimum Gasteiger partial charge on any atom is -0.478 e. The highest BCUT2D eigenvalue weighted by atomic mass is 35.5. The third kappa shape index (κ3) is 3.68. The van der Waals surface area contributed by atoms with Crippen molar-refractivity contribution < 1.29 is 19.5 Å². The summed E-state index contributed by atoms with van der Waals surface area (Å²) < 4.78 is 0. The van der Waals surface area contributed by atoms with Gasteiger partial charge in [0.15, 0.2) is 0 Å². The van der Waals surface area contributed by atoms with Gasteiger partial charge in [-0.15, -0.1) is 0 Å². The Kier molecular flexibility index (Phi) is 4.26. The maximum Gasteiger partial charge on any atom is 0.338 e. The Hall–Kier alpha value is -1.66. The van der Waals surface area contributed by atoms with Crippen LogP contribution in [0.5, 0.6) is 0 Å². The predicted molar refractivity (Wildman–Crippen MR) is 65.6 cm³/mol. The molecule has 1 amide bonds. The molecule has 0 aliphatic carbocycles. The molecule has 98 valence electrons. The molecule has 1 rings (SSSR count). The van der Waals surface area contributed by atoms with Crippen molar-refractivity contribution in [3.05, 3.63) is 23.0 Å². The molecule has 0 saturated heterocycles. The van der Waals surface area contributed by atoms with Crippen LogP contribution in [0, 0.1) is 0 Å². The standard InChI is InChI=1S/C11H13ClN2O4/c1-11(2,3)18-14(6-15)8-5-13-9(12)4-7(8)10(16)17/h4-6H,1-3H3,(H,16,17). The highest BCUT2D eigenvalue weighted by Gasteiger charge is 2.22. The van der Waals surface area contributed by atoms with Crippen molar-refractivity contribution in [3.8, 4) is 0 Å². The normalized spacial score (nSPS) is 11.1. The van der Waals surface area contributed by atoms with E-state index in [4.69, 9.17) is 21.5 Å². The Morgan fingerprint density at radius 2 is 2.17 bits per heavy atom. The van der Waals surface area contributed by atoms with Crippen molar-refractivity contribution in [2.24, 2.45) is 0 Å². The molecule has 7 heteroatoms. The summed E-state index contributed by atoms with van der Waals surface area (Å²) in [6, 6.07) is 1.15. The molecule has 0 aromatic carbocycles. The lowest BCUT2D eigenvalue weighted by Crippen LogP contribution is -2.34. The number of carbonyl (C=O) groups excluding carboxylic acids is 1. The maximum absolute atomic E-state index is 11.1. The molecular formula is C11H13ClN2O4. The first-order valence-electron chi connectivity index (χ1n) is 5.07. The molecular weight excluding hydrogens is 260 g/mol. The number of anilines is 1. The number of halogens is 1. The molecule has 1 aromatic rings. The van der Waals surface area contributed by atoms with E-state index < -0.39 is 11.6 Å². The average Bonchev–Trinajstić information content (AvgIpc) is 2.24. The largest absolute Gasteiger partial charge is 0.478 e. The third-order valence-corrected chi connectivity index (χ3v) is 1.99. The van der Waals surface area contributed by atoms with Gasteiger partial charge in [-0.25, -0.2) is 9.78 Å². The van der Waals surface area contributed by atoms with Crippen LogP contribution in [0.4, 0.5) is 5.69 Å². The van der Waals surface area contributed by atoms with Crippen molar-refractivity contribution >= 4 is 29.7 Å². The average molecular weight is 273 g/mol. The summed E-state index contributed by atoms with van der Waals surface area (Å²) in [6.45, 7) is 5.19. The summed E-state index contributed by atoms with van der Waals surface area (Å²) in [5.41, 5.74) is -0.792. The van der Waals surface area contributed by atoms with Crippen molar-refractivity contribution in [2.45, 2.75) is 26.4 Å².